The Morgan fingerprint density at radius 3 is 1.11 bits per heavy atom. The summed E-state index contributed by atoms with van der Waals surface area (Å²) in [6, 6.07) is 0. The maximum atomic E-state index is 12.5. The zero-order valence-corrected chi connectivity index (χ0v) is 8.95. The van der Waals surface area contributed by atoms with Gasteiger partial charge in [0.05, 0.1) is 0 Å². The predicted octanol–water partition coefficient (Wildman–Crippen LogP) is 4.32. The topological polar surface area (TPSA) is 0 Å². The van der Waals surface area contributed by atoms with Crippen molar-refractivity contribution < 1.29 is 52.7 Å². The summed E-state index contributed by atoms with van der Waals surface area (Å²) in [4.78, 5) is 0. The number of halogens is 12. The van der Waals surface area contributed by atoms with Gasteiger partial charge in [-0.15, -0.1) is 0 Å². The number of hydrogen-bond donors (Lipinski definition) is 1. The van der Waals surface area contributed by atoms with Gasteiger partial charge in [0, 0.05) is 0 Å². The molecule has 0 aliphatic carbocycles. The largest absolute Gasteiger partial charge is 0.387 e. The lowest BCUT2D eigenvalue weighted by molar-refractivity contribution is -0.401. The van der Waals surface area contributed by atoms with Crippen LogP contribution in [0.5, 0.6) is 0 Å². The van der Waals surface area contributed by atoms with Gasteiger partial charge in [-0.1, -0.05) is 12.6 Å². The maximum absolute atomic E-state index is 12.5. The van der Waals surface area contributed by atoms with Crippen LogP contribution >= 0.6 is 12.6 Å². The van der Waals surface area contributed by atoms with E-state index in [1.165, 1.54) is 0 Å². The summed E-state index contributed by atoms with van der Waals surface area (Å²) in [5, 5.41) is -6.15. The summed E-state index contributed by atoms with van der Waals surface area (Å²) in [5.41, 5.74) is 0. The summed E-state index contributed by atoms with van der Waals surface area (Å²) in [5.74, 6) is -29.0. The second-order valence-electron chi connectivity index (χ2n) is 3.19. The van der Waals surface area contributed by atoms with Crippen LogP contribution in [-0.2, 0) is 0 Å². The average Bonchev–Trinajstić information content (AvgIpc) is 2.14. The molecule has 0 aromatic rings. The van der Waals surface area contributed by atoms with Gasteiger partial charge in [-0.05, 0) is 0 Å². The van der Waals surface area contributed by atoms with E-state index in [1.54, 1.807) is 12.6 Å². The van der Waals surface area contributed by atoms with Gasteiger partial charge in [0.25, 0.3) is 0 Å². The van der Waals surface area contributed by atoms with E-state index in [1.807, 2.05) is 0 Å². The molecule has 13 heteroatoms. The molecule has 0 aromatic heterocycles. The highest BCUT2D eigenvalue weighted by Gasteiger charge is 2.87. The standard InChI is InChI=1S/C6H2F12S/c7-1(8)2(9,10)3(11,12)4(13,14)5(15,16)6(17,18)19/h1,19H. The molecule has 0 aromatic carbocycles. The third-order valence-corrected chi connectivity index (χ3v) is 2.14. The molecule has 0 spiro atoms. The minimum Gasteiger partial charge on any atom is -0.203 e. The molecule has 0 rings (SSSR count). The molecule has 0 heterocycles. The number of thiol groups is 1. The first-order valence-corrected chi connectivity index (χ1v) is 4.29. The van der Waals surface area contributed by atoms with Crippen LogP contribution in [0.4, 0.5) is 52.7 Å². The highest BCUT2D eigenvalue weighted by Crippen LogP contribution is 2.58. The number of alkyl halides is 12. The molecule has 0 aliphatic rings. The highest BCUT2D eigenvalue weighted by atomic mass is 32.1. The number of rotatable bonds is 5. The van der Waals surface area contributed by atoms with E-state index in [4.69, 9.17) is 0 Å². The smallest absolute Gasteiger partial charge is 0.203 e. The Hall–Kier alpha value is -0.490. The van der Waals surface area contributed by atoms with Crippen LogP contribution in [-0.4, -0.2) is 35.4 Å². The molecule has 0 amide bonds. The van der Waals surface area contributed by atoms with Crippen LogP contribution in [0.25, 0.3) is 0 Å². The van der Waals surface area contributed by atoms with E-state index >= 15 is 0 Å². The SMILES string of the molecule is FC(F)C(F)(F)C(F)(F)C(F)(F)C(F)(F)C(F)(F)S. The quantitative estimate of drug-likeness (QED) is 0.562. The molecule has 0 fully saturated rings. The first-order valence-electron chi connectivity index (χ1n) is 3.84. The van der Waals surface area contributed by atoms with Gasteiger partial charge in [-0.25, -0.2) is 8.78 Å². The van der Waals surface area contributed by atoms with E-state index in [9.17, 15) is 52.7 Å². The van der Waals surface area contributed by atoms with Crippen molar-refractivity contribution in [2.75, 3.05) is 0 Å². The van der Waals surface area contributed by atoms with Gasteiger partial charge in [0.1, 0.15) is 0 Å². The van der Waals surface area contributed by atoms with Gasteiger partial charge >= 0.3 is 35.4 Å². The lowest BCUT2D eigenvalue weighted by Crippen LogP contribution is -2.67. The fourth-order valence-electron chi connectivity index (χ4n) is 0.732. The fraction of sp³-hybridized carbons (Fsp3) is 1.00. The van der Waals surface area contributed by atoms with Gasteiger partial charge < -0.3 is 0 Å². The van der Waals surface area contributed by atoms with Crippen molar-refractivity contribution in [3.05, 3.63) is 0 Å². The van der Waals surface area contributed by atoms with Crippen molar-refractivity contribution >= 4 is 12.6 Å². The van der Waals surface area contributed by atoms with E-state index in [2.05, 4.69) is 0 Å². The first kappa shape index (κ1) is 18.5. The van der Waals surface area contributed by atoms with Crippen molar-refractivity contribution in [2.24, 2.45) is 0 Å². The Kier molecular flexibility index (Phi) is 4.40. The van der Waals surface area contributed by atoms with E-state index in [-0.39, 0.29) is 0 Å². The Balaban J connectivity index is 5.92. The van der Waals surface area contributed by atoms with Crippen molar-refractivity contribution in [3.8, 4) is 0 Å². The zero-order chi connectivity index (χ0) is 16.1. The van der Waals surface area contributed by atoms with Crippen LogP contribution in [0.1, 0.15) is 0 Å². The molecule has 0 N–H and O–H groups in total. The van der Waals surface area contributed by atoms with E-state index < -0.39 is 35.4 Å². The summed E-state index contributed by atoms with van der Waals surface area (Å²) < 4.78 is 146. The molecule has 0 unspecified atom stereocenters. The van der Waals surface area contributed by atoms with Crippen LogP contribution in [0, 0.1) is 0 Å². The maximum Gasteiger partial charge on any atom is 0.387 e. The molecule has 0 aliphatic heterocycles. The average molecular weight is 334 g/mol. The van der Waals surface area contributed by atoms with Crippen molar-refractivity contribution in [3.63, 3.8) is 0 Å². The summed E-state index contributed by atoms with van der Waals surface area (Å²) in [7, 11) is 0. The summed E-state index contributed by atoms with van der Waals surface area (Å²) in [6.07, 6.45) is -5.49. The van der Waals surface area contributed by atoms with Gasteiger partial charge in [0.2, 0.25) is 0 Å². The van der Waals surface area contributed by atoms with Crippen LogP contribution in [0.2, 0.25) is 0 Å². The predicted molar refractivity (Wildman–Crippen MR) is 39.7 cm³/mol. The van der Waals surface area contributed by atoms with Crippen LogP contribution in [0.15, 0.2) is 0 Å². The van der Waals surface area contributed by atoms with Crippen LogP contribution in [0.3, 0.4) is 0 Å². The summed E-state index contributed by atoms with van der Waals surface area (Å²) >= 11 is 1.58. The summed E-state index contributed by atoms with van der Waals surface area (Å²) in [6.45, 7) is 0. The molecule has 19 heavy (non-hydrogen) atoms. The highest BCUT2D eigenvalue weighted by molar-refractivity contribution is 7.81. The monoisotopic (exact) mass is 334 g/mol. The first-order chi connectivity index (χ1) is 7.94. The van der Waals surface area contributed by atoms with Crippen molar-refractivity contribution in [2.45, 2.75) is 35.4 Å². The molecule has 0 radical (unpaired) electrons. The Morgan fingerprint density at radius 2 is 0.895 bits per heavy atom. The second-order valence-corrected chi connectivity index (χ2v) is 3.75. The molecule has 0 nitrogen and oxygen atoms in total. The van der Waals surface area contributed by atoms with E-state index in [0.29, 0.717) is 0 Å². The Bertz CT molecular complexity index is 328. The minimum absolute atomic E-state index is 1.58. The third-order valence-electron chi connectivity index (χ3n) is 1.86. The Morgan fingerprint density at radius 1 is 0.579 bits per heavy atom. The van der Waals surface area contributed by atoms with Crippen molar-refractivity contribution in [1.82, 2.24) is 0 Å². The van der Waals surface area contributed by atoms with Gasteiger partial charge in [-0.2, -0.15) is 43.9 Å². The Labute approximate surface area is 102 Å². The molecule has 0 bridgehead atoms. The lowest BCUT2D eigenvalue weighted by atomic mass is 9.99. The van der Waals surface area contributed by atoms with Crippen LogP contribution < -0.4 is 0 Å². The minimum atomic E-state index is -7.48. The second kappa shape index (κ2) is 4.52. The van der Waals surface area contributed by atoms with Crippen molar-refractivity contribution in [1.29, 1.82) is 0 Å². The van der Waals surface area contributed by atoms with Gasteiger partial charge in [-0.3, -0.25) is 0 Å². The normalized spacial score (nSPS) is 16.1. The molecule has 0 saturated carbocycles. The van der Waals surface area contributed by atoms with E-state index in [0.717, 1.165) is 0 Å². The fourth-order valence-corrected chi connectivity index (χ4v) is 0.873. The molecular weight excluding hydrogens is 332 g/mol. The molecular formula is C6H2F12S. The molecule has 0 atom stereocenters. The molecule has 116 valence electrons. The number of hydrogen-bond acceptors (Lipinski definition) is 1. The zero-order valence-electron chi connectivity index (χ0n) is 8.06. The third kappa shape index (κ3) is 2.44. The lowest BCUT2D eigenvalue weighted by Gasteiger charge is -2.37. The molecule has 0 saturated heterocycles. The van der Waals surface area contributed by atoms with Gasteiger partial charge in [0.15, 0.2) is 0 Å².